The zero-order valence-corrected chi connectivity index (χ0v) is 15.6. The van der Waals surface area contributed by atoms with Gasteiger partial charge in [0.25, 0.3) is 5.91 Å². The Hall–Kier alpha value is -2.12. The van der Waals surface area contributed by atoms with Gasteiger partial charge in [0.15, 0.2) is 5.69 Å². The van der Waals surface area contributed by atoms with Crippen molar-refractivity contribution in [3.8, 4) is 5.69 Å². The van der Waals surface area contributed by atoms with E-state index in [1.54, 1.807) is 16.4 Å². The van der Waals surface area contributed by atoms with E-state index in [1.165, 1.54) is 0 Å². The van der Waals surface area contributed by atoms with E-state index in [-0.39, 0.29) is 5.91 Å². The van der Waals surface area contributed by atoms with Gasteiger partial charge in [0.2, 0.25) is 0 Å². The first-order valence-corrected chi connectivity index (χ1v) is 9.24. The van der Waals surface area contributed by atoms with Crippen molar-refractivity contribution >= 4 is 39.3 Å². The number of amides is 1. The highest BCUT2D eigenvalue weighted by Gasteiger charge is 2.17. The summed E-state index contributed by atoms with van der Waals surface area (Å²) in [5, 5.41) is 11.0. The molecule has 2 aromatic carbocycles. The maximum absolute atomic E-state index is 12.4. The number of hydrogen-bond donors (Lipinski definition) is 1. The highest BCUT2D eigenvalue weighted by molar-refractivity contribution is 9.10. The molecule has 0 atom stereocenters. The van der Waals surface area contributed by atoms with Gasteiger partial charge in [-0.15, -0.1) is 16.9 Å². The molecule has 3 rings (SSSR count). The second-order valence-corrected chi connectivity index (χ2v) is 6.89. The van der Waals surface area contributed by atoms with Gasteiger partial charge in [-0.05, 0) is 55.6 Å². The predicted molar refractivity (Wildman–Crippen MR) is 100.0 cm³/mol. The molecule has 0 saturated carbocycles. The van der Waals surface area contributed by atoms with Crippen molar-refractivity contribution in [1.29, 1.82) is 0 Å². The lowest BCUT2D eigenvalue weighted by molar-refractivity contribution is 0.102. The highest BCUT2D eigenvalue weighted by atomic mass is 79.9. The third-order valence-electron chi connectivity index (χ3n) is 3.51. The number of nitrogens with one attached hydrogen (secondary N) is 1. The van der Waals surface area contributed by atoms with Crippen molar-refractivity contribution in [2.45, 2.75) is 11.8 Å². The average Bonchev–Trinajstić information content (AvgIpc) is 2.98. The first kappa shape index (κ1) is 16.7. The molecule has 0 aliphatic carbocycles. The minimum atomic E-state index is -0.276. The third-order valence-corrected chi connectivity index (χ3v) is 4.76. The number of rotatable bonds is 4. The summed E-state index contributed by atoms with van der Waals surface area (Å²) in [6.45, 7) is 1.84. The standard InChI is InChI=1S/C17H15BrN4OS/c1-11-16(17(23)19-13-8-6-12(18)7-9-13)20-21-22(11)14-4-3-5-15(10-14)24-2/h3-10H,1-2H3,(H,19,23). The lowest BCUT2D eigenvalue weighted by atomic mass is 10.2. The smallest absolute Gasteiger partial charge is 0.278 e. The molecule has 0 bridgehead atoms. The van der Waals surface area contributed by atoms with Gasteiger partial charge < -0.3 is 5.32 Å². The molecule has 0 aliphatic rings. The zero-order chi connectivity index (χ0) is 17.1. The summed E-state index contributed by atoms with van der Waals surface area (Å²) in [4.78, 5) is 13.6. The van der Waals surface area contributed by atoms with Crippen LogP contribution < -0.4 is 5.32 Å². The molecule has 0 spiro atoms. The second-order valence-electron chi connectivity index (χ2n) is 5.10. The van der Waals surface area contributed by atoms with Crippen molar-refractivity contribution < 1.29 is 4.79 Å². The van der Waals surface area contributed by atoms with E-state index >= 15 is 0 Å². The lowest BCUT2D eigenvalue weighted by Gasteiger charge is -2.06. The summed E-state index contributed by atoms with van der Waals surface area (Å²) in [5.41, 5.74) is 2.60. The molecule has 7 heteroatoms. The molecule has 0 fully saturated rings. The van der Waals surface area contributed by atoms with Crippen LogP contribution in [0.5, 0.6) is 0 Å². The van der Waals surface area contributed by atoms with Crippen LogP contribution >= 0.6 is 27.7 Å². The number of thioether (sulfide) groups is 1. The largest absolute Gasteiger partial charge is 0.321 e. The predicted octanol–water partition coefficient (Wildman–Crippen LogP) is 4.31. The van der Waals surface area contributed by atoms with E-state index in [9.17, 15) is 4.79 Å². The summed E-state index contributed by atoms with van der Waals surface area (Å²) in [5.74, 6) is -0.276. The van der Waals surface area contributed by atoms with Gasteiger partial charge in [-0.1, -0.05) is 27.2 Å². The van der Waals surface area contributed by atoms with Crippen LogP contribution in [-0.4, -0.2) is 27.2 Å². The Bertz CT molecular complexity index is 877. The number of halogens is 1. The molecule has 0 saturated heterocycles. The number of anilines is 1. The van der Waals surface area contributed by atoms with Gasteiger partial charge in [-0.2, -0.15) is 0 Å². The molecule has 1 N–H and O–H groups in total. The van der Waals surface area contributed by atoms with Crippen molar-refractivity contribution in [3.63, 3.8) is 0 Å². The number of carbonyl (C=O) groups is 1. The van der Waals surface area contributed by atoms with Crippen LogP contribution in [0.25, 0.3) is 5.69 Å². The molecular weight excluding hydrogens is 388 g/mol. The Labute approximate surface area is 152 Å². The molecule has 122 valence electrons. The summed E-state index contributed by atoms with van der Waals surface area (Å²) < 4.78 is 2.63. The lowest BCUT2D eigenvalue weighted by Crippen LogP contribution is -2.14. The van der Waals surface area contributed by atoms with E-state index in [1.807, 2.05) is 61.7 Å². The van der Waals surface area contributed by atoms with Crippen molar-refractivity contribution in [1.82, 2.24) is 15.0 Å². The number of aromatic nitrogens is 3. The number of hydrogen-bond acceptors (Lipinski definition) is 4. The number of carbonyl (C=O) groups excluding carboxylic acids is 1. The van der Waals surface area contributed by atoms with E-state index in [2.05, 4.69) is 31.6 Å². The molecule has 0 aliphatic heterocycles. The molecule has 3 aromatic rings. The Morgan fingerprint density at radius 1 is 1.21 bits per heavy atom. The van der Waals surface area contributed by atoms with Crippen molar-refractivity contribution in [2.75, 3.05) is 11.6 Å². The topological polar surface area (TPSA) is 59.8 Å². The fourth-order valence-electron chi connectivity index (χ4n) is 2.25. The normalized spacial score (nSPS) is 10.6. The highest BCUT2D eigenvalue weighted by Crippen LogP contribution is 2.20. The summed E-state index contributed by atoms with van der Waals surface area (Å²) in [6, 6.07) is 15.3. The molecule has 0 unspecified atom stereocenters. The molecule has 1 amide bonds. The van der Waals surface area contributed by atoms with Gasteiger partial charge in [0.1, 0.15) is 0 Å². The Balaban J connectivity index is 1.86. The van der Waals surface area contributed by atoms with Crippen LogP contribution in [0.15, 0.2) is 57.9 Å². The van der Waals surface area contributed by atoms with Crippen LogP contribution in [0.4, 0.5) is 5.69 Å². The van der Waals surface area contributed by atoms with Gasteiger partial charge in [-0.25, -0.2) is 4.68 Å². The van der Waals surface area contributed by atoms with E-state index in [4.69, 9.17) is 0 Å². The average molecular weight is 403 g/mol. The molecule has 5 nitrogen and oxygen atoms in total. The second kappa shape index (κ2) is 7.19. The van der Waals surface area contributed by atoms with Crippen LogP contribution in [-0.2, 0) is 0 Å². The quantitative estimate of drug-likeness (QED) is 0.660. The van der Waals surface area contributed by atoms with Crippen molar-refractivity contribution in [3.05, 3.63) is 64.4 Å². The maximum Gasteiger partial charge on any atom is 0.278 e. The first-order chi connectivity index (χ1) is 11.6. The SMILES string of the molecule is CSc1cccc(-n2nnc(C(=O)Nc3ccc(Br)cc3)c2C)c1. The molecule has 0 radical (unpaired) electrons. The van der Waals surface area contributed by atoms with E-state index in [0.717, 1.165) is 15.1 Å². The Kier molecular flexibility index (Phi) is 5.01. The number of benzene rings is 2. The fraction of sp³-hybridized carbons (Fsp3) is 0.118. The Morgan fingerprint density at radius 2 is 1.96 bits per heavy atom. The van der Waals surface area contributed by atoms with Crippen LogP contribution in [0, 0.1) is 6.92 Å². The summed E-state index contributed by atoms with van der Waals surface area (Å²) >= 11 is 5.02. The third kappa shape index (κ3) is 3.52. The monoisotopic (exact) mass is 402 g/mol. The maximum atomic E-state index is 12.4. The first-order valence-electron chi connectivity index (χ1n) is 7.22. The minimum Gasteiger partial charge on any atom is -0.321 e. The van der Waals surface area contributed by atoms with Crippen molar-refractivity contribution in [2.24, 2.45) is 0 Å². The molecule has 1 aromatic heterocycles. The van der Waals surface area contributed by atoms with E-state index < -0.39 is 0 Å². The molecule has 24 heavy (non-hydrogen) atoms. The van der Waals surface area contributed by atoms with Crippen LogP contribution in [0.2, 0.25) is 0 Å². The van der Waals surface area contributed by atoms with Gasteiger partial charge in [-0.3, -0.25) is 4.79 Å². The van der Waals surface area contributed by atoms with Crippen LogP contribution in [0.3, 0.4) is 0 Å². The van der Waals surface area contributed by atoms with E-state index in [0.29, 0.717) is 17.1 Å². The van der Waals surface area contributed by atoms with Gasteiger partial charge >= 0.3 is 0 Å². The molecular formula is C17H15BrN4OS. The van der Waals surface area contributed by atoms with Gasteiger partial charge in [0, 0.05) is 15.1 Å². The minimum absolute atomic E-state index is 0.276. The Morgan fingerprint density at radius 3 is 2.67 bits per heavy atom. The van der Waals surface area contributed by atoms with Crippen LogP contribution in [0.1, 0.15) is 16.2 Å². The summed E-state index contributed by atoms with van der Waals surface area (Å²) in [6.07, 6.45) is 2.02. The zero-order valence-electron chi connectivity index (χ0n) is 13.2. The summed E-state index contributed by atoms with van der Waals surface area (Å²) in [7, 11) is 0. The fourth-order valence-corrected chi connectivity index (χ4v) is 2.97. The van der Waals surface area contributed by atoms with Gasteiger partial charge in [0.05, 0.1) is 11.4 Å². The molecule has 1 heterocycles. The number of nitrogens with zero attached hydrogens (tertiary/aromatic N) is 3.